The fourth-order valence-electron chi connectivity index (χ4n) is 5.27. The molecule has 52 heavy (non-hydrogen) atoms. The van der Waals surface area contributed by atoms with Gasteiger partial charge in [0.1, 0.15) is 28.3 Å². The van der Waals surface area contributed by atoms with Crippen molar-refractivity contribution in [2.75, 3.05) is 4.90 Å². The Labute approximate surface area is 300 Å². The number of imide groups is 1. The van der Waals surface area contributed by atoms with E-state index < -0.39 is 82.5 Å². The fourth-order valence-corrected chi connectivity index (χ4v) is 5.27. The van der Waals surface area contributed by atoms with Gasteiger partial charge in [-0.2, -0.15) is 4.90 Å². The second kappa shape index (κ2) is 14.9. The Bertz CT molecular complexity index is 1790. The summed E-state index contributed by atoms with van der Waals surface area (Å²) < 4.78 is 68.3. The molecule has 0 radical (unpaired) electrons. The molecule has 0 unspecified atom stereocenters. The summed E-state index contributed by atoms with van der Waals surface area (Å²) in [5.74, 6) is -7.66. The van der Waals surface area contributed by atoms with Gasteiger partial charge in [0, 0.05) is 17.9 Å². The number of aromatic nitrogens is 2. The molecular formula is C38H44F3N3O8. The lowest BCUT2D eigenvalue weighted by molar-refractivity contribution is -0.140. The van der Waals surface area contributed by atoms with Crippen LogP contribution in [0.15, 0.2) is 54.7 Å². The van der Waals surface area contributed by atoms with Crippen molar-refractivity contribution in [2.45, 2.75) is 116 Å². The Hall–Kier alpha value is -5.01. The molecule has 0 aliphatic heterocycles. The Morgan fingerprint density at radius 3 is 1.88 bits per heavy atom. The van der Waals surface area contributed by atoms with Crippen LogP contribution in [0.25, 0.3) is 11.3 Å². The maximum atomic E-state index is 15.6. The van der Waals surface area contributed by atoms with E-state index in [0.29, 0.717) is 4.90 Å². The van der Waals surface area contributed by atoms with Gasteiger partial charge >= 0.3 is 24.1 Å². The first kappa shape index (κ1) is 39.8. The number of ether oxygens (including phenoxy) is 4. The van der Waals surface area contributed by atoms with E-state index in [1.807, 2.05) is 0 Å². The van der Waals surface area contributed by atoms with Crippen molar-refractivity contribution < 1.29 is 51.3 Å². The van der Waals surface area contributed by atoms with Gasteiger partial charge in [0.05, 0.1) is 23.0 Å². The molecule has 0 bridgehead atoms. The van der Waals surface area contributed by atoms with Crippen LogP contribution in [0, 0.1) is 5.82 Å². The van der Waals surface area contributed by atoms with E-state index in [2.05, 4.69) is 9.97 Å². The van der Waals surface area contributed by atoms with Crippen LogP contribution >= 0.6 is 0 Å². The van der Waals surface area contributed by atoms with Crippen molar-refractivity contribution in [1.82, 2.24) is 9.97 Å². The average Bonchev–Trinajstić information content (AvgIpc) is 2.99. The predicted molar refractivity (Wildman–Crippen MR) is 185 cm³/mol. The van der Waals surface area contributed by atoms with Gasteiger partial charge < -0.3 is 18.9 Å². The number of nitrogens with zero attached hydrogens (tertiary/aromatic N) is 3. The SMILES string of the molecule is CC(C)(C)OC(=O)c1ccc(-c2nc([C@H]3CC[C@H](OC(=O)c4ccccc4)C(F)(F)C3)cnc2N(C(=O)OC(C)(C)C)C(=O)OC(C)(C)C)cc1F. The van der Waals surface area contributed by atoms with Crippen LogP contribution in [0.5, 0.6) is 0 Å². The van der Waals surface area contributed by atoms with E-state index in [1.165, 1.54) is 18.2 Å². The van der Waals surface area contributed by atoms with Crippen LogP contribution < -0.4 is 4.90 Å². The molecule has 2 aromatic carbocycles. The molecule has 0 spiro atoms. The molecule has 3 aromatic rings. The Morgan fingerprint density at radius 1 is 0.788 bits per heavy atom. The van der Waals surface area contributed by atoms with Gasteiger partial charge in [-0.15, -0.1) is 0 Å². The van der Waals surface area contributed by atoms with Crippen LogP contribution in [0.4, 0.5) is 28.6 Å². The largest absolute Gasteiger partial charge is 0.456 e. The predicted octanol–water partition coefficient (Wildman–Crippen LogP) is 9.04. The molecule has 2 amide bonds. The van der Waals surface area contributed by atoms with Crippen LogP contribution in [0.3, 0.4) is 0 Å². The van der Waals surface area contributed by atoms with Crippen molar-refractivity contribution in [3.63, 3.8) is 0 Å². The van der Waals surface area contributed by atoms with E-state index >= 15 is 13.2 Å². The highest BCUT2D eigenvalue weighted by atomic mass is 19.3. The number of hydrogen-bond donors (Lipinski definition) is 0. The summed E-state index contributed by atoms with van der Waals surface area (Å²) in [6.45, 7) is 14.3. The minimum Gasteiger partial charge on any atom is -0.456 e. The number of anilines is 1. The lowest BCUT2D eigenvalue weighted by Crippen LogP contribution is -2.44. The second-order valence-corrected chi connectivity index (χ2v) is 15.5. The first-order chi connectivity index (χ1) is 23.9. The second-order valence-electron chi connectivity index (χ2n) is 15.5. The molecule has 1 fully saturated rings. The van der Waals surface area contributed by atoms with E-state index in [0.717, 1.165) is 18.3 Å². The quantitative estimate of drug-likeness (QED) is 0.179. The number of esters is 2. The number of carbonyl (C=O) groups is 4. The van der Waals surface area contributed by atoms with Crippen molar-refractivity contribution >= 4 is 29.9 Å². The number of halogens is 3. The number of amides is 2. The molecule has 11 nitrogen and oxygen atoms in total. The van der Waals surface area contributed by atoms with Crippen molar-refractivity contribution in [3.8, 4) is 11.3 Å². The van der Waals surface area contributed by atoms with Crippen LogP contribution in [0.2, 0.25) is 0 Å². The van der Waals surface area contributed by atoms with Gasteiger partial charge in [0.15, 0.2) is 11.9 Å². The minimum atomic E-state index is -3.46. The standard InChI is InChI=1S/C38H44F3N3O8/c1-35(2,3)50-32(46)25-17-15-23(19-26(25)39)29-30(44(33(47)51-36(4,5)6)34(48)52-37(7,8)9)42-21-27(43-29)24-16-18-28(38(40,41)20-24)49-31(45)22-13-11-10-12-14-22/h10-15,17,19,21,24,28H,16,18,20H2,1-9H3/t24-,28-/m0/s1. The highest BCUT2D eigenvalue weighted by Crippen LogP contribution is 2.44. The zero-order valence-corrected chi connectivity index (χ0v) is 30.7. The van der Waals surface area contributed by atoms with Crippen LogP contribution in [0.1, 0.15) is 114 Å². The Kier molecular flexibility index (Phi) is 11.4. The molecule has 14 heteroatoms. The van der Waals surface area contributed by atoms with Crippen molar-refractivity contribution in [3.05, 3.63) is 77.4 Å². The van der Waals surface area contributed by atoms with E-state index in [-0.39, 0.29) is 35.4 Å². The number of hydrogen-bond acceptors (Lipinski definition) is 10. The fraction of sp³-hybridized carbons (Fsp3) is 0.474. The number of benzene rings is 2. The third kappa shape index (κ3) is 10.3. The monoisotopic (exact) mass is 727 g/mol. The molecule has 1 heterocycles. The molecule has 4 rings (SSSR count). The van der Waals surface area contributed by atoms with Crippen molar-refractivity contribution in [1.29, 1.82) is 0 Å². The van der Waals surface area contributed by atoms with E-state index in [4.69, 9.17) is 18.9 Å². The lowest BCUT2D eigenvalue weighted by atomic mass is 9.82. The molecule has 2 atom stereocenters. The normalized spacial score (nSPS) is 17.5. The van der Waals surface area contributed by atoms with Gasteiger partial charge in [-0.1, -0.05) is 24.3 Å². The zero-order chi connectivity index (χ0) is 38.8. The molecule has 0 N–H and O–H groups in total. The number of alkyl halides is 2. The molecule has 1 saturated carbocycles. The minimum absolute atomic E-state index is 0.0382. The molecule has 1 aliphatic carbocycles. The molecule has 1 aromatic heterocycles. The van der Waals surface area contributed by atoms with Gasteiger partial charge in [-0.25, -0.2) is 42.3 Å². The van der Waals surface area contributed by atoms with E-state index in [1.54, 1.807) is 80.5 Å². The third-order valence-corrected chi connectivity index (χ3v) is 7.44. The lowest BCUT2D eigenvalue weighted by Gasteiger charge is -2.35. The summed E-state index contributed by atoms with van der Waals surface area (Å²) in [7, 11) is 0. The highest BCUT2D eigenvalue weighted by molar-refractivity contribution is 6.10. The summed E-state index contributed by atoms with van der Waals surface area (Å²) in [4.78, 5) is 61.9. The van der Waals surface area contributed by atoms with Gasteiger partial charge in [0.25, 0.3) is 5.92 Å². The maximum Gasteiger partial charge on any atom is 0.425 e. The average molecular weight is 728 g/mol. The highest BCUT2D eigenvalue weighted by Gasteiger charge is 2.49. The molecule has 1 aliphatic rings. The summed E-state index contributed by atoms with van der Waals surface area (Å²) in [5, 5.41) is 0. The van der Waals surface area contributed by atoms with Crippen molar-refractivity contribution in [2.24, 2.45) is 0 Å². The van der Waals surface area contributed by atoms with Crippen LogP contribution in [-0.2, 0) is 18.9 Å². The summed E-state index contributed by atoms with van der Waals surface area (Å²) in [6, 6.07) is 11.2. The van der Waals surface area contributed by atoms with Gasteiger partial charge in [-0.3, -0.25) is 0 Å². The molecule has 280 valence electrons. The Balaban J connectivity index is 1.79. The first-order valence-corrected chi connectivity index (χ1v) is 16.7. The summed E-state index contributed by atoms with van der Waals surface area (Å²) in [5.41, 5.74) is -3.62. The first-order valence-electron chi connectivity index (χ1n) is 16.7. The number of carbonyl (C=O) groups excluding carboxylic acids is 4. The topological polar surface area (TPSA) is 134 Å². The molecular weight excluding hydrogens is 683 g/mol. The molecule has 0 saturated heterocycles. The smallest absolute Gasteiger partial charge is 0.425 e. The van der Waals surface area contributed by atoms with Gasteiger partial charge in [-0.05, 0) is 99.4 Å². The zero-order valence-electron chi connectivity index (χ0n) is 30.7. The van der Waals surface area contributed by atoms with Crippen LogP contribution in [-0.4, -0.2) is 62.9 Å². The third-order valence-electron chi connectivity index (χ3n) is 7.44. The Morgan fingerprint density at radius 2 is 1.37 bits per heavy atom. The summed E-state index contributed by atoms with van der Waals surface area (Å²) in [6.07, 6.45) is -3.83. The van der Waals surface area contributed by atoms with Gasteiger partial charge in [0.2, 0.25) is 0 Å². The maximum absolute atomic E-state index is 15.6. The summed E-state index contributed by atoms with van der Waals surface area (Å²) >= 11 is 0. The number of rotatable bonds is 6. The van der Waals surface area contributed by atoms with E-state index in [9.17, 15) is 19.2 Å².